The van der Waals surface area contributed by atoms with Crippen molar-refractivity contribution in [3.8, 4) is 5.69 Å². The number of fused-ring (bicyclic) bond motifs is 1. The molecule has 1 aromatic heterocycles. The maximum absolute atomic E-state index is 12.2. The number of halogens is 1. The SMILES string of the molecule is CC(C)C(=O)N1CCc2c(c(C(=O)O)nn2-c2ccc(Cl)cc2)C1. The van der Waals surface area contributed by atoms with Crippen molar-refractivity contribution >= 4 is 23.5 Å². The van der Waals surface area contributed by atoms with Crippen molar-refractivity contribution < 1.29 is 14.7 Å². The largest absolute Gasteiger partial charge is 0.476 e. The van der Waals surface area contributed by atoms with Crippen LogP contribution >= 0.6 is 11.6 Å². The van der Waals surface area contributed by atoms with Crippen LogP contribution in [0.4, 0.5) is 0 Å². The Morgan fingerprint density at radius 1 is 1.25 bits per heavy atom. The first-order valence-corrected chi connectivity index (χ1v) is 8.15. The van der Waals surface area contributed by atoms with E-state index in [1.807, 2.05) is 13.8 Å². The van der Waals surface area contributed by atoms with E-state index >= 15 is 0 Å². The fourth-order valence-electron chi connectivity index (χ4n) is 2.94. The highest BCUT2D eigenvalue weighted by atomic mass is 35.5. The first kappa shape index (κ1) is 16.5. The fourth-order valence-corrected chi connectivity index (χ4v) is 3.07. The van der Waals surface area contributed by atoms with Crippen LogP contribution in [-0.4, -0.2) is 38.2 Å². The molecule has 0 aliphatic carbocycles. The predicted molar refractivity (Wildman–Crippen MR) is 89.5 cm³/mol. The summed E-state index contributed by atoms with van der Waals surface area (Å²) in [5.41, 5.74) is 2.20. The van der Waals surface area contributed by atoms with E-state index in [1.54, 1.807) is 33.8 Å². The summed E-state index contributed by atoms with van der Waals surface area (Å²) in [5.74, 6) is -1.18. The van der Waals surface area contributed by atoms with Crippen LogP contribution in [0.3, 0.4) is 0 Å². The van der Waals surface area contributed by atoms with Gasteiger partial charge in [0.25, 0.3) is 0 Å². The number of carboxylic acids is 1. The molecule has 0 unspecified atom stereocenters. The minimum atomic E-state index is -1.09. The van der Waals surface area contributed by atoms with Crippen molar-refractivity contribution in [3.05, 3.63) is 46.2 Å². The van der Waals surface area contributed by atoms with Crippen LogP contribution in [0.1, 0.15) is 35.6 Å². The van der Waals surface area contributed by atoms with Crippen molar-refractivity contribution in [1.29, 1.82) is 0 Å². The minimum Gasteiger partial charge on any atom is -0.476 e. The summed E-state index contributed by atoms with van der Waals surface area (Å²) in [5, 5.41) is 14.3. The summed E-state index contributed by atoms with van der Waals surface area (Å²) in [4.78, 5) is 25.5. The molecule has 1 aliphatic rings. The van der Waals surface area contributed by atoms with Crippen LogP contribution in [-0.2, 0) is 17.8 Å². The molecule has 1 aliphatic heterocycles. The predicted octanol–water partition coefficient (Wildman–Crippen LogP) is 2.76. The zero-order valence-corrected chi connectivity index (χ0v) is 14.2. The second-order valence-electron chi connectivity index (χ2n) is 6.13. The van der Waals surface area contributed by atoms with Gasteiger partial charge < -0.3 is 10.0 Å². The number of hydrogen-bond donors (Lipinski definition) is 1. The highest BCUT2D eigenvalue weighted by molar-refractivity contribution is 6.30. The van der Waals surface area contributed by atoms with Crippen LogP contribution in [0, 0.1) is 5.92 Å². The molecule has 2 heterocycles. The second-order valence-corrected chi connectivity index (χ2v) is 6.57. The van der Waals surface area contributed by atoms with Gasteiger partial charge in [-0.1, -0.05) is 25.4 Å². The lowest BCUT2D eigenvalue weighted by molar-refractivity contribution is -0.135. The van der Waals surface area contributed by atoms with Crippen molar-refractivity contribution in [1.82, 2.24) is 14.7 Å². The van der Waals surface area contributed by atoms with Gasteiger partial charge in [0.2, 0.25) is 5.91 Å². The topological polar surface area (TPSA) is 75.4 Å². The van der Waals surface area contributed by atoms with E-state index in [0.717, 1.165) is 11.4 Å². The van der Waals surface area contributed by atoms with Gasteiger partial charge in [-0.2, -0.15) is 5.10 Å². The highest BCUT2D eigenvalue weighted by Gasteiger charge is 2.31. The maximum atomic E-state index is 12.2. The molecule has 6 nitrogen and oxygen atoms in total. The summed E-state index contributed by atoms with van der Waals surface area (Å²) in [6.07, 6.45) is 0.566. The number of aromatic carboxylic acids is 1. The third kappa shape index (κ3) is 2.89. The van der Waals surface area contributed by atoms with Gasteiger partial charge in [0.15, 0.2) is 5.69 Å². The van der Waals surface area contributed by atoms with E-state index in [2.05, 4.69) is 5.10 Å². The molecular weight excluding hydrogens is 330 g/mol. The minimum absolute atomic E-state index is 0.00112. The number of amides is 1. The molecule has 1 N–H and O–H groups in total. The van der Waals surface area contributed by atoms with Crippen molar-refractivity contribution in [2.45, 2.75) is 26.8 Å². The number of aromatic nitrogens is 2. The normalized spacial score (nSPS) is 13.9. The van der Waals surface area contributed by atoms with Gasteiger partial charge in [0.05, 0.1) is 11.4 Å². The quantitative estimate of drug-likeness (QED) is 0.926. The summed E-state index contributed by atoms with van der Waals surface area (Å²) in [6.45, 7) is 4.52. The second kappa shape index (κ2) is 6.28. The lowest BCUT2D eigenvalue weighted by Crippen LogP contribution is -2.39. The van der Waals surface area contributed by atoms with Gasteiger partial charge in [0, 0.05) is 36.0 Å². The Labute approximate surface area is 144 Å². The summed E-state index contributed by atoms with van der Waals surface area (Å²) in [6, 6.07) is 7.07. The smallest absolute Gasteiger partial charge is 0.356 e. The molecule has 1 aromatic carbocycles. The van der Waals surface area contributed by atoms with Gasteiger partial charge in [-0.15, -0.1) is 0 Å². The third-order valence-corrected chi connectivity index (χ3v) is 4.39. The summed E-state index contributed by atoms with van der Waals surface area (Å²) >= 11 is 5.91. The van der Waals surface area contributed by atoms with Gasteiger partial charge >= 0.3 is 5.97 Å². The molecular formula is C17H18ClN3O3. The Hall–Kier alpha value is -2.34. The zero-order chi connectivity index (χ0) is 17.4. The molecule has 7 heteroatoms. The van der Waals surface area contributed by atoms with Gasteiger partial charge in [-0.3, -0.25) is 4.79 Å². The molecule has 3 rings (SSSR count). The molecule has 1 amide bonds. The van der Waals surface area contributed by atoms with E-state index in [-0.39, 0.29) is 24.1 Å². The number of rotatable bonds is 3. The van der Waals surface area contributed by atoms with Gasteiger partial charge in [0.1, 0.15) is 0 Å². The number of hydrogen-bond acceptors (Lipinski definition) is 3. The summed E-state index contributed by atoms with van der Waals surface area (Å²) < 4.78 is 1.65. The Morgan fingerprint density at radius 3 is 2.50 bits per heavy atom. The number of carbonyl (C=O) groups excluding carboxylic acids is 1. The fraction of sp³-hybridized carbons (Fsp3) is 0.353. The Morgan fingerprint density at radius 2 is 1.92 bits per heavy atom. The van der Waals surface area contributed by atoms with Gasteiger partial charge in [-0.25, -0.2) is 9.48 Å². The van der Waals surface area contributed by atoms with E-state index in [9.17, 15) is 14.7 Å². The molecule has 0 fully saturated rings. The van der Waals surface area contributed by atoms with Crippen LogP contribution in [0.5, 0.6) is 0 Å². The number of carboxylic acid groups (broad SMARTS) is 1. The van der Waals surface area contributed by atoms with Crippen LogP contribution in [0.2, 0.25) is 5.02 Å². The van der Waals surface area contributed by atoms with E-state index < -0.39 is 5.97 Å². The molecule has 2 aromatic rings. The van der Waals surface area contributed by atoms with Crippen molar-refractivity contribution in [2.75, 3.05) is 6.54 Å². The average molecular weight is 348 g/mol. The Bertz CT molecular complexity index is 796. The average Bonchev–Trinajstić information content (AvgIpc) is 2.93. The molecule has 0 spiro atoms. The van der Waals surface area contributed by atoms with Crippen LogP contribution in [0.15, 0.2) is 24.3 Å². The van der Waals surface area contributed by atoms with Crippen molar-refractivity contribution in [3.63, 3.8) is 0 Å². The molecule has 126 valence electrons. The van der Waals surface area contributed by atoms with Crippen LogP contribution in [0.25, 0.3) is 5.69 Å². The number of nitrogens with zero attached hydrogens (tertiary/aromatic N) is 3. The first-order chi connectivity index (χ1) is 11.4. The van der Waals surface area contributed by atoms with Crippen molar-refractivity contribution in [2.24, 2.45) is 5.92 Å². The molecule has 0 saturated heterocycles. The van der Waals surface area contributed by atoms with E-state index in [4.69, 9.17) is 11.6 Å². The Balaban J connectivity index is 2.04. The maximum Gasteiger partial charge on any atom is 0.356 e. The monoisotopic (exact) mass is 347 g/mol. The van der Waals surface area contributed by atoms with E-state index in [0.29, 0.717) is 23.6 Å². The van der Waals surface area contributed by atoms with Gasteiger partial charge in [-0.05, 0) is 24.3 Å². The number of carbonyl (C=O) groups is 2. The Kier molecular flexibility index (Phi) is 4.32. The molecule has 24 heavy (non-hydrogen) atoms. The third-order valence-electron chi connectivity index (χ3n) is 4.14. The molecule has 0 atom stereocenters. The molecule has 0 saturated carbocycles. The number of benzene rings is 1. The van der Waals surface area contributed by atoms with E-state index in [1.165, 1.54) is 0 Å². The highest BCUT2D eigenvalue weighted by Crippen LogP contribution is 2.27. The molecule has 0 radical (unpaired) electrons. The lowest BCUT2D eigenvalue weighted by Gasteiger charge is -2.29. The van der Waals surface area contributed by atoms with Crippen LogP contribution < -0.4 is 0 Å². The molecule has 0 bridgehead atoms. The lowest BCUT2D eigenvalue weighted by atomic mass is 10.0. The first-order valence-electron chi connectivity index (χ1n) is 7.77. The zero-order valence-electron chi connectivity index (χ0n) is 13.5. The standard InChI is InChI=1S/C17H18ClN3O3/c1-10(2)16(22)20-8-7-14-13(9-20)15(17(23)24)19-21(14)12-5-3-11(18)4-6-12/h3-6,10H,7-9H2,1-2H3,(H,23,24). The summed E-state index contributed by atoms with van der Waals surface area (Å²) in [7, 11) is 0.